The third-order valence-electron chi connectivity index (χ3n) is 1.75. The van der Waals surface area contributed by atoms with Crippen LogP contribution in [0.1, 0.15) is 16.2 Å². The van der Waals surface area contributed by atoms with Crippen LogP contribution in [0.5, 0.6) is 0 Å². The number of aromatic nitrogens is 1. The van der Waals surface area contributed by atoms with Crippen molar-refractivity contribution in [1.82, 2.24) is 4.98 Å². The normalized spacial score (nSPS) is 10.1. The maximum absolute atomic E-state index is 11.7. The Hall–Kier alpha value is -1.61. The van der Waals surface area contributed by atoms with Crippen LogP contribution in [0.15, 0.2) is 41.1 Å². The lowest BCUT2D eigenvalue weighted by Gasteiger charge is -1.98. The first-order chi connectivity index (χ1) is 6.79. The Morgan fingerprint density at radius 3 is 2.79 bits per heavy atom. The van der Waals surface area contributed by atoms with E-state index in [0.717, 1.165) is 0 Å². The molecule has 0 radical (unpaired) electrons. The lowest BCUT2D eigenvalue weighted by Crippen LogP contribution is -2.01. The number of carbonyl (C=O) groups excluding carboxylic acids is 1. The van der Waals surface area contributed by atoms with Crippen LogP contribution in [-0.2, 0) is 0 Å². The van der Waals surface area contributed by atoms with E-state index >= 15 is 0 Å². The third-order valence-corrected chi connectivity index (χ3v) is 2.07. The van der Waals surface area contributed by atoms with Crippen LogP contribution in [0.2, 0.25) is 5.02 Å². The van der Waals surface area contributed by atoms with Crippen LogP contribution in [0.4, 0.5) is 0 Å². The number of halogens is 1. The number of hydrogen-bond acceptors (Lipinski definition) is 3. The van der Waals surface area contributed by atoms with Crippen molar-refractivity contribution < 1.29 is 9.21 Å². The molecule has 1 aromatic carbocycles. The minimum atomic E-state index is -0.305. The minimum absolute atomic E-state index is 0.0538. The molecule has 1 heterocycles. The highest BCUT2D eigenvalue weighted by Gasteiger charge is 2.15. The average molecular weight is 208 g/mol. The van der Waals surface area contributed by atoms with Gasteiger partial charge in [0, 0.05) is 5.56 Å². The van der Waals surface area contributed by atoms with E-state index in [2.05, 4.69) is 4.98 Å². The van der Waals surface area contributed by atoms with Gasteiger partial charge in [-0.3, -0.25) is 4.79 Å². The molecule has 0 amide bonds. The molecular formula is C10H6ClNO2. The van der Waals surface area contributed by atoms with Gasteiger partial charge < -0.3 is 4.42 Å². The Morgan fingerprint density at radius 1 is 1.36 bits per heavy atom. The minimum Gasteiger partial charge on any atom is -0.442 e. The second kappa shape index (κ2) is 3.64. The Labute approximate surface area is 85.3 Å². The zero-order valence-electron chi connectivity index (χ0n) is 7.11. The smallest absolute Gasteiger partial charge is 0.268 e. The highest BCUT2D eigenvalue weighted by Crippen LogP contribution is 2.17. The first-order valence-corrected chi connectivity index (χ1v) is 4.35. The highest BCUT2D eigenvalue weighted by atomic mass is 35.5. The third kappa shape index (κ3) is 1.54. The predicted octanol–water partition coefficient (Wildman–Crippen LogP) is 2.56. The van der Waals surface area contributed by atoms with Gasteiger partial charge in [0.05, 0.1) is 11.2 Å². The molecule has 0 saturated carbocycles. The van der Waals surface area contributed by atoms with Crippen molar-refractivity contribution in [3.05, 3.63) is 53.2 Å². The monoisotopic (exact) mass is 207 g/mol. The largest absolute Gasteiger partial charge is 0.442 e. The number of carbonyl (C=O) groups is 1. The maximum atomic E-state index is 11.7. The molecule has 70 valence electrons. The van der Waals surface area contributed by atoms with E-state index < -0.39 is 0 Å². The lowest BCUT2D eigenvalue weighted by molar-refractivity contribution is 0.100. The summed E-state index contributed by atoms with van der Waals surface area (Å²) in [7, 11) is 0. The van der Waals surface area contributed by atoms with E-state index in [0.29, 0.717) is 10.6 Å². The van der Waals surface area contributed by atoms with Gasteiger partial charge in [-0.1, -0.05) is 23.7 Å². The fourth-order valence-electron chi connectivity index (χ4n) is 1.10. The summed E-state index contributed by atoms with van der Waals surface area (Å²) in [5, 5.41) is 0.399. The van der Waals surface area contributed by atoms with Crippen LogP contribution in [0.3, 0.4) is 0 Å². The van der Waals surface area contributed by atoms with Crippen molar-refractivity contribution in [2.45, 2.75) is 0 Å². The van der Waals surface area contributed by atoms with Crippen LogP contribution in [-0.4, -0.2) is 10.8 Å². The van der Waals surface area contributed by atoms with Crippen LogP contribution in [0.25, 0.3) is 0 Å². The first kappa shape index (κ1) is 8.97. The molecule has 4 heteroatoms. The molecule has 0 bridgehead atoms. The van der Waals surface area contributed by atoms with E-state index in [-0.39, 0.29) is 11.7 Å². The fraction of sp³-hybridized carbons (Fsp3) is 0. The van der Waals surface area contributed by atoms with Gasteiger partial charge in [0.25, 0.3) is 5.89 Å². The van der Waals surface area contributed by atoms with Gasteiger partial charge in [-0.25, -0.2) is 4.98 Å². The van der Waals surface area contributed by atoms with E-state index in [4.69, 9.17) is 16.0 Å². The molecule has 2 rings (SSSR count). The van der Waals surface area contributed by atoms with Gasteiger partial charge in [0.15, 0.2) is 0 Å². The Balaban J connectivity index is 2.42. The zero-order chi connectivity index (χ0) is 9.97. The quantitative estimate of drug-likeness (QED) is 0.711. The number of benzene rings is 1. The topological polar surface area (TPSA) is 43.1 Å². The summed E-state index contributed by atoms with van der Waals surface area (Å²) in [5.41, 5.74) is 0.400. The molecule has 0 aliphatic heterocycles. The second-order valence-electron chi connectivity index (χ2n) is 2.65. The molecular weight excluding hydrogens is 202 g/mol. The molecule has 2 aromatic rings. The Bertz CT molecular complexity index is 451. The van der Waals surface area contributed by atoms with E-state index in [9.17, 15) is 4.79 Å². The van der Waals surface area contributed by atoms with Gasteiger partial charge in [-0.2, -0.15) is 0 Å². The molecule has 0 spiro atoms. The van der Waals surface area contributed by atoms with E-state index in [1.54, 1.807) is 24.3 Å². The molecule has 14 heavy (non-hydrogen) atoms. The highest BCUT2D eigenvalue weighted by molar-refractivity contribution is 6.34. The lowest BCUT2D eigenvalue weighted by atomic mass is 10.1. The molecule has 0 fully saturated rings. The molecule has 0 unspecified atom stereocenters. The van der Waals surface area contributed by atoms with E-state index in [1.807, 2.05) is 0 Å². The van der Waals surface area contributed by atoms with Gasteiger partial charge in [0.1, 0.15) is 6.26 Å². The summed E-state index contributed by atoms with van der Waals surface area (Å²) in [4.78, 5) is 15.4. The van der Waals surface area contributed by atoms with Gasteiger partial charge in [-0.15, -0.1) is 0 Å². The van der Waals surface area contributed by atoms with Crippen LogP contribution < -0.4 is 0 Å². The number of hydrogen-bond donors (Lipinski definition) is 0. The number of oxazole rings is 1. The second-order valence-corrected chi connectivity index (χ2v) is 3.05. The zero-order valence-corrected chi connectivity index (χ0v) is 7.86. The predicted molar refractivity (Wildman–Crippen MR) is 51.4 cm³/mol. The molecule has 0 N–H and O–H groups in total. The molecule has 1 aromatic heterocycles. The SMILES string of the molecule is O=C(c1ncco1)c1ccccc1Cl. The fourth-order valence-corrected chi connectivity index (χ4v) is 1.32. The van der Waals surface area contributed by atoms with Crippen molar-refractivity contribution in [3.63, 3.8) is 0 Å². The summed E-state index contributed by atoms with van der Waals surface area (Å²) in [6.07, 6.45) is 2.77. The van der Waals surface area contributed by atoms with Crippen molar-refractivity contribution in [1.29, 1.82) is 0 Å². The van der Waals surface area contributed by atoms with Crippen molar-refractivity contribution in [2.75, 3.05) is 0 Å². The number of rotatable bonds is 2. The molecule has 0 aliphatic carbocycles. The average Bonchev–Trinajstić information content (AvgIpc) is 2.70. The maximum Gasteiger partial charge on any atom is 0.268 e. The van der Waals surface area contributed by atoms with Crippen LogP contribution >= 0.6 is 11.6 Å². The molecule has 0 atom stereocenters. The molecule has 0 saturated heterocycles. The van der Waals surface area contributed by atoms with Gasteiger partial charge in [-0.05, 0) is 12.1 Å². The Kier molecular flexibility index (Phi) is 2.33. The number of ketones is 1. The Morgan fingerprint density at radius 2 is 2.14 bits per heavy atom. The van der Waals surface area contributed by atoms with Gasteiger partial charge in [0.2, 0.25) is 5.78 Å². The number of nitrogens with zero attached hydrogens (tertiary/aromatic N) is 1. The van der Waals surface area contributed by atoms with Crippen molar-refractivity contribution in [2.24, 2.45) is 0 Å². The summed E-state index contributed by atoms with van der Waals surface area (Å²) >= 11 is 5.85. The summed E-state index contributed by atoms with van der Waals surface area (Å²) < 4.78 is 4.89. The van der Waals surface area contributed by atoms with E-state index in [1.165, 1.54) is 12.5 Å². The summed E-state index contributed by atoms with van der Waals surface area (Å²) in [6, 6.07) is 6.78. The van der Waals surface area contributed by atoms with Crippen molar-refractivity contribution in [3.8, 4) is 0 Å². The van der Waals surface area contributed by atoms with Crippen LogP contribution in [0, 0.1) is 0 Å². The molecule has 3 nitrogen and oxygen atoms in total. The molecule has 0 aliphatic rings. The summed E-state index contributed by atoms with van der Waals surface area (Å²) in [5.74, 6) is -0.251. The standard InChI is InChI=1S/C10H6ClNO2/c11-8-4-2-1-3-7(8)9(13)10-12-5-6-14-10/h1-6H. The van der Waals surface area contributed by atoms with Crippen molar-refractivity contribution >= 4 is 17.4 Å². The first-order valence-electron chi connectivity index (χ1n) is 3.98. The summed E-state index contributed by atoms with van der Waals surface area (Å²) in [6.45, 7) is 0. The van der Waals surface area contributed by atoms with Gasteiger partial charge >= 0.3 is 0 Å².